The summed E-state index contributed by atoms with van der Waals surface area (Å²) in [5, 5.41) is 12.3. The SMILES string of the molecule is CCOC(=O)c1csc(NC(=O)Cn2nnc3ccccc3c2=O)n1. The van der Waals surface area contributed by atoms with Crippen LogP contribution in [0.4, 0.5) is 5.13 Å². The second-order valence-electron chi connectivity index (χ2n) is 4.88. The molecule has 1 aromatic carbocycles. The first-order chi connectivity index (χ1) is 12.1. The molecule has 1 amide bonds. The third-order valence-electron chi connectivity index (χ3n) is 3.16. The van der Waals surface area contributed by atoms with Crippen LogP contribution in [0.2, 0.25) is 0 Å². The van der Waals surface area contributed by atoms with Crippen molar-refractivity contribution in [1.82, 2.24) is 20.0 Å². The van der Waals surface area contributed by atoms with Crippen molar-refractivity contribution in [2.45, 2.75) is 13.5 Å². The van der Waals surface area contributed by atoms with E-state index < -0.39 is 17.4 Å². The van der Waals surface area contributed by atoms with Crippen molar-refractivity contribution < 1.29 is 14.3 Å². The average molecular weight is 359 g/mol. The first kappa shape index (κ1) is 16.7. The Hall–Kier alpha value is -3.14. The number of nitrogens with zero attached hydrogens (tertiary/aromatic N) is 4. The minimum atomic E-state index is -0.559. The van der Waals surface area contributed by atoms with E-state index in [4.69, 9.17) is 4.74 Å². The standard InChI is InChI=1S/C15H13N5O4S/c1-2-24-14(23)11-8-25-15(16-11)17-12(21)7-20-13(22)9-5-3-4-6-10(9)18-19-20/h3-6,8H,2,7H2,1H3,(H,16,17,21). The third kappa shape index (κ3) is 3.69. The van der Waals surface area contributed by atoms with Gasteiger partial charge in [-0.05, 0) is 19.1 Å². The lowest BCUT2D eigenvalue weighted by Gasteiger charge is -2.04. The molecule has 25 heavy (non-hydrogen) atoms. The van der Waals surface area contributed by atoms with Gasteiger partial charge < -0.3 is 10.1 Å². The number of amides is 1. The molecule has 128 valence electrons. The molecule has 0 saturated carbocycles. The normalized spacial score (nSPS) is 10.6. The van der Waals surface area contributed by atoms with Gasteiger partial charge in [0.1, 0.15) is 12.1 Å². The summed E-state index contributed by atoms with van der Waals surface area (Å²) >= 11 is 1.08. The monoisotopic (exact) mass is 359 g/mol. The lowest BCUT2D eigenvalue weighted by molar-refractivity contribution is -0.117. The van der Waals surface area contributed by atoms with Crippen molar-refractivity contribution in [3.05, 3.63) is 45.7 Å². The number of rotatable bonds is 5. The summed E-state index contributed by atoms with van der Waals surface area (Å²) in [5.74, 6) is -1.06. The maximum atomic E-state index is 12.3. The third-order valence-corrected chi connectivity index (χ3v) is 3.92. The van der Waals surface area contributed by atoms with Crippen LogP contribution in [0.25, 0.3) is 10.9 Å². The van der Waals surface area contributed by atoms with Crippen LogP contribution in [0.15, 0.2) is 34.4 Å². The van der Waals surface area contributed by atoms with Gasteiger partial charge in [0.05, 0.1) is 12.0 Å². The lowest BCUT2D eigenvalue weighted by atomic mass is 10.2. The van der Waals surface area contributed by atoms with E-state index in [0.29, 0.717) is 10.9 Å². The number of hydrogen-bond donors (Lipinski definition) is 1. The number of aromatic nitrogens is 4. The molecule has 0 spiro atoms. The van der Waals surface area contributed by atoms with Crippen molar-refractivity contribution >= 4 is 39.2 Å². The largest absolute Gasteiger partial charge is 0.461 e. The highest BCUT2D eigenvalue weighted by Gasteiger charge is 2.14. The molecule has 0 aliphatic carbocycles. The van der Waals surface area contributed by atoms with Crippen LogP contribution >= 0.6 is 11.3 Å². The summed E-state index contributed by atoms with van der Waals surface area (Å²) in [6, 6.07) is 6.74. The molecule has 3 aromatic rings. The zero-order valence-corrected chi connectivity index (χ0v) is 13.9. The second-order valence-corrected chi connectivity index (χ2v) is 5.73. The summed E-state index contributed by atoms with van der Waals surface area (Å²) in [5.41, 5.74) is 0.167. The Balaban J connectivity index is 1.72. The molecule has 0 unspecified atom stereocenters. The minimum Gasteiger partial charge on any atom is -0.461 e. The Labute approximate surface area is 145 Å². The molecule has 0 saturated heterocycles. The Morgan fingerprint density at radius 2 is 2.12 bits per heavy atom. The van der Waals surface area contributed by atoms with E-state index in [1.54, 1.807) is 31.2 Å². The zero-order valence-electron chi connectivity index (χ0n) is 13.1. The number of hydrogen-bond acceptors (Lipinski definition) is 8. The second kappa shape index (κ2) is 7.18. The highest BCUT2D eigenvalue weighted by Crippen LogP contribution is 2.16. The summed E-state index contributed by atoms with van der Waals surface area (Å²) in [6.07, 6.45) is 0. The van der Waals surface area contributed by atoms with Crippen LogP contribution in [-0.4, -0.2) is 38.5 Å². The van der Waals surface area contributed by atoms with Crippen LogP contribution in [-0.2, 0) is 16.1 Å². The van der Waals surface area contributed by atoms with Crippen molar-refractivity contribution in [3.63, 3.8) is 0 Å². The first-order valence-electron chi connectivity index (χ1n) is 7.33. The van der Waals surface area contributed by atoms with Crippen molar-refractivity contribution in [1.29, 1.82) is 0 Å². The smallest absolute Gasteiger partial charge is 0.357 e. The van der Waals surface area contributed by atoms with E-state index >= 15 is 0 Å². The van der Waals surface area contributed by atoms with Gasteiger partial charge in [0.25, 0.3) is 5.56 Å². The number of esters is 1. The van der Waals surface area contributed by atoms with Crippen LogP contribution in [0.1, 0.15) is 17.4 Å². The van der Waals surface area contributed by atoms with Gasteiger partial charge in [0, 0.05) is 5.38 Å². The molecule has 9 nitrogen and oxygen atoms in total. The van der Waals surface area contributed by atoms with Crippen LogP contribution < -0.4 is 10.9 Å². The molecule has 0 aliphatic rings. The van der Waals surface area contributed by atoms with Gasteiger partial charge in [0.2, 0.25) is 5.91 Å². The molecule has 0 aliphatic heterocycles. The van der Waals surface area contributed by atoms with Gasteiger partial charge in [-0.25, -0.2) is 14.5 Å². The highest BCUT2D eigenvalue weighted by atomic mass is 32.1. The Morgan fingerprint density at radius 3 is 2.92 bits per heavy atom. The first-order valence-corrected chi connectivity index (χ1v) is 8.21. The Kier molecular flexibility index (Phi) is 4.80. The fourth-order valence-corrected chi connectivity index (χ4v) is 2.75. The molecule has 10 heteroatoms. The molecule has 3 rings (SSSR count). The van der Waals surface area contributed by atoms with E-state index in [-0.39, 0.29) is 24.0 Å². The molecule has 1 N–H and O–H groups in total. The predicted octanol–water partition coefficient (Wildman–Crippen LogP) is 1.06. The van der Waals surface area contributed by atoms with Gasteiger partial charge in [-0.15, -0.1) is 16.4 Å². The van der Waals surface area contributed by atoms with Gasteiger partial charge in [-0.1, -0.05) is 17.3 Å². The number of fused-ring (bicyclic) bond motifs is 1. The van der Waals surface area contributed by atoms with Crippen molar-refractivity contribution in [2.24, 2.45) is 0 Å². The number of carbonyl (C=O) groups is 2. The summed E-state index contributed by atoms with van der Waals surface area (Å²) < 4.78 is 5.80. The van der Waals surface area contributed by atoms with Gasteiger partial charge in [-0.2, -0.15) is 0 Å². The van der Waals surface area contributed by atoms with Crippen molar-refractivity contribution in [3.8, 4) is 0 Å². The van der Waals surface area contributed by atoms with Crippen molar-refractivity contribution in [2.75, 3.05) is 11.9 Å². The number of benzene rings is 1. The summed E-state index contributed by atoms with van der Waals surface area (Å²) in [7, 11) is 0. The Morgan fingerprint density at radius 1 is 1.32 bits per heavy atom. The zero-order chi connectivity index (χ0) is 17.8. The molecule has 0 fully saturated rings. The fraction of sp³-hybridized carbons (Fsp3) is 0.200. The molecule has 0 atom stereocenters. The maximum Gasteiger partial charge on any atom is 0.357 e. The number of ether oxygens (including phenoxy) is 1. The summed E-state index contributed by atoms with van der Waals surface area (Å²) in [6.45, 7) is 1.61. The minimum absolute atomic E-state index is 0.116. The van der Waals surface area contributed by atoms with E-state index in [9.17, 15) is 14.4 Å². The summed E-state index contributed by atoms with van der Waals surface area (Å²) in [4.78, 5) is 39.9. The lowest BCUT2D eigenvalue weighted by Crippen LogP contribution is -2.30. The van der Waals surface area contributed by atoms with E-state index in [1.165, 1.54) is 5.38 Å². The van der Waals surface area contributed by atoms with Crippen LogP contribution in [0, 0.1) is 0 Å². The van der Waals surface area contributed by atoms with Gasteiger partial charge in [-0.3, -0.25) is 9.59 Å². The fourth-order valence-electron chi connectivity index (χ4n) is 2.05. The molecule has 0 radical (unpaired) electrons. The predicted molar refractivity (Wildman–Crippen MR) is 90.5 cm³/mol. The van der Waals surface area contributed by atoms with E-state index in [1.807, 2.05) is 0 Å². The highest BCUT2D eigenvalue weighted by molar-refractivity contribution is 7.14. The molecule has 0 bridgehead atoms. The maximum absolute atomic E-state index is 12.3. The number of nitrogens with one attached hydrogen (secondary N) is 1. The molecule has 2 heterocycles. The average Bonchev–Trinajstić information content (AvgIpc) is 3.06. The van der Waals surface area contributed by atoms with Crippen LogP contribution in [0.3, 0.4) is 0 Å². The Bertz CT molecular complexity index is 997. The van der Waals surface area contributed by atoms with E-state index in [0.717, 1.165) is 16.0 Å². The van der Waals surface area contributed by atoms with E-state index in [2.05, 4.69) is 20.6 Å². The quantitative estimate of drug-likeness (QED) is 0.677. The van der Waals surface area contributed by atoms with Crippen LogP contribution in [0.5, 0.6) is 0 Å². The molecular formula is C15H13N5O4S. The van der Waals surface area contributed by atoms with Gasteiger partial charge >= 0.3 is 5.97 Å². The number of thiazole rings is 1. The number of anilines is 1. The van der Waals surface area contributed by atoms with Gasteiger partial charge in [0.15, 0.2) is 10.8 Å². The number of carbonyl (C=O) groups excluding carboxylic acids is 2. The molecule has 2 aromatic heterocycles. The molecular weight excluding hydrogens is 346 g/mol. The topological polar surface area (TPSA) is 116 Å².